The smallest absolute Gasteiger partial charge is 0.266 e. The van der Waals surface area contributed by atoms with Gasteiger partial charge in [0.1, 0.15) is 4.88 Å². The lowest BCUT2D eigenvalue weighted by atomic mass is 10.1. The average molecular weight is 468 g/mol. The van der Waals surface area contributed by atoms with Crippen molar-refractivity contribution in [3.05, 3.63) is 68.5 Å². The molecule has 1 saturated heterocycles. The van der Waals surface area contributed by atoms with E-state index >= 15 is 0 Å². The second-order valence-electron chi connectivity index (χ2n) is 7.36. The largest absolute Gasteiger partial charge is 0.330 e. The summed E-state index contributed by atoms with van der Waals surface area (Å²) in [6, 6.07) is 12.7. The van der Waals surface area contributed by atoms with Gasteiger partial charge in [0.2, 0.25) is 0 Å². The van der Waals surface area contributed by atoms with E-state index in [2.05, 4.69) is 0 Å². The van der Waals surface area contributed by atoms with Crippen molar-refractivity contribution in [3.8, 4) is 0 Å². The van der Waals surface area contributed by atoms with E-state index in [1.165, 1.54) is 11.3 Å². The third-order valence-electron chi connectivity index (χ3n) is 5.16. The Morgan fingerprint density at radius 1 is 1.17 bits per heavy atom. The Bertz CT molecular complexity index is 1190. The molecule has 0 spiro atoms. The third-order valence-corrected chi connectivity index (χ3v) is 8.80. The van der Waals surface area contributed by atoms with Gasteiger partial charge in [-0.25, -0.2) is 8.42 Å². The zero-order chi connectivity index (χ0) is 20.8. The van der Waals surface area contributed by atoms with Crippen molar-refractivity contribution in [1.82, 2.24) is 4.90 Å². The highest BCUT2D eigenvalue weighted by Crippen LogP contribution is 2.37. The van der Waals surface area contributed by atoms with Gasteiger partial charge in [-0.15, -0.1) is 11.3 Å². The quantitative estimate of drug-likeness (QED) is 0.519. The van der Waals surface area contributed by atoms with Crippen LogP contribution in [0, 0.1) is 6.92 Å². The molecular weight excluding hydrogens is 449 g/mol. The van der Waals surface area contributed by atoms with E-state index in [1.807, 2.05) is 37.3 Å². The predicted molar refractivity (Wildman–Crippen MR) is 120 cm³/mol. The Labute approximate surface area is 184 Å². The normalized spacial score (nSPS) is 18.2. The molecule has 1 aromatic heterocycles. The van der Waals surface area contributed by atoms with Gasteiger partial charge in [0.05, 0.1) is 16.5 Å². The van der Waals surface area contributed by atoms with E-state index in [9.17, 15) is 13.2 Å². The number of nitrogens with zero attached hydrogens (tertiary/aromatic N) is 1. The molecule has 4 nitrogen and oxygen atoms in total. The van der Waals surface area contributed by atoms with Crippen LogP contribution in [0.3, 0.4) is 0 Å². The molecule has 0 saturated carbocycles. The molecule has 4 rings (SSSR count). The van der Waals surface area contributed by atoms with Crippen LogP contribution >= 0.6 is 34.5 Å². The molecule has 8 heteroatoms. The lowest BCUT2D eigenvalue weighted by molar-refractivity contribution is 0.0686. The number of rotatable bonds is 4. The van der Waals surface area contributed by atoms with Crippen molar-refractivity contribution in [1.29, 1.82) is 0 Å². The van der Waals surface area contributed by atoms with Crippen LogP contribution in [0.5, 0.6) is 0 Å². The van der Waals surface area contributed by atoms with E-state index in [4.69, 9.17) is 23.2 Å². The highest BCUT2D eigenvalue weighted by molar-refractivity contribution is 7.91. The summed E-state index contributed by atoms with van der Waals surface area (Å²) >= 11 is 13.9. The van der Waals surface area contributed by atoms with E-state index in [0.717, 1.165) is 21.2 Å². The first-order valence-electron chi connectivity index (χ1n) is 9.18. The highest BCUT2D eigenvalue weighted by Gasteiger charge is 2.36. The summed E-state index contributed by atoms with van der Waals surface area (Å²) in [7, 11) is -3.14. The number of benzene rings is 2. The van der Waals surface area contributed by atoms with Gasteiger partial charge in [-0.1, -0.05) is 47.5 Å². The fraction of sp³-hybridized carbons (Fsp3) is 0.286. The van der Waals surface area contributed by atoms with Crippen LogP contribution < -0.4 is 0 Å². The predicted octanol–water partition coefficient (Wildman–Crippen LogP) is 5.35. The number of halogens is 2. The number of sulfone groups is 1. The maximum Gasteiger partial charge on any atom is 0.266 e. The topological polar surface area (TPSA) is 54.5 Å². The first kappa shape index (κ1) is 20.7. The van der Waals surface area contributed by atoms with Crippen molar-refractivity contribution in [3.63, 3.8) is 0 Å². The molecule has 0 aliphatic carbocycles. The Morgan fingerprint density at radius 2 is 1.90 bits per heavy atom. The highest BCUT2D eigenvalue weighted by atomic mass is 35.5. The van der Waals surface area contributed by atoms with Crippen molar-refractivity contribution < 1.29 is 13.2 Å². The molecule has 0 unspecified atom stereocenters. The number of hydrogen-bond donors (Lipinski definition) is 0. The van der Waals surface area contributed by atoms with E-state index in [0.29, 0.717) is 27.9 Å². The number of amides is 1. The molecule has 2 aromatic carbocycles. The Morgan fingerprint density at radius 3 is 2.55 bits per heavy atom. The Kier molecular flexibility index (Phi) is 5.64. The van der Waals surface area contributed by atoms with Gasteiger partial charge in [0, 0.05) is 27.7 Å². The zero-order valence-electron chi connectivity index (χ0n) is 15.7. The summed E-state index contributed by atoms with van der Waals surface area (Å²) < 4.78 is 25.1. The van der Waals surface area contributed by atoms with Crippen molar-refractivity contribution >= 4 is 60.4 Å². The third kappa shape index (κ3) is 4.31. The molecular formula is C21H19Cl2NO3S2. The standard InChI is InChI=1S/C21H19Cl2NO3S2/c1-13-2-7-17-18(10-13)28-20(19(17)23)21(25)24(16-8-9-29(26,27)12-16)11-14-3-5-15(22)6-4-14/h2-7,10,16H,8-9,11-12H2,1H3/t16-/m1/s1. The summed E-state index contributed by atoms with van der Waals surface area (Å²) in [5.41, 5.74) is 1.98. The number of carbonyl (C=O) groups is 1. The van der Waals surface area contributed by atoms with E-state index in [-0.39, 0.29) is 23.5 Å². The van der Waals surface area contributed by atoms with Crippen LogP contribution in [0.15, 0.2) is 42.5 Å². The molecule has 29 heavy (non-hydrogen) atoms. The maximum atomic E-state index is 13.5. The van der Waals surface area contributed by atoms with Crippen LogP contribution in [0.1, 0.15) is 27.2 Å². The summed E-state index contributed by atoms with van der Waals surface area (Å²) in [6.45, 7) is 2.30. The van der Waals surface area contributed by atoms with Crippen LogP contribution in [-0.2, 0) is 16.4 Å². The lowest BCUT2D eigenvalue weighted by Crippen LogP contribution is -2.40. The van der Waals surface area contributed by atoms with Crippen LogP contribution in [0.4, 0.5) is 0 Å². The Hall–Kier alpha value is -1.60. The lowest BCUT2D eigenvalue weighted by Gasteiger charge is -2.28. The van der Waals surface area contributed by atoms with Crippen LogP contribution in [-0.4, -0.2) is 36.8 Å². The molecule has 0 bridgehead atoms. The number of thiophene rings is 1. The number of hydrogen-bond acceptors (Lipinski definition) is 4. The van der Waals surface area contributed by atoms with Gasteiger partial charge in [0.15, 0.2) is 9.84 Å². The maximum absolute atomic E-state index is 13.5. The average Bonchev–Trinajstić information content (AvgIpc) is 3.19. The first-order chi connectivity index (χ1) is 13.7. The number of fused-ring (bicyclic) bond motifs is 1. The number of aryl methyl sites for hydroxylation is 1. The molecule has 1 amide bonds. The van der Waals surface area contributed by atoms with E-state index in [1.54, 1.807) is 17.0 Å². The van der Waals surface area contributed by atoms with Gasteiger partial charge in [-0.3, -0.25) is 4.79 Å². The molecule has 1 fully saturated rings. The SMILES string of the molecule is Cc1ccc2c(Cl)c(C(=O)N(Cc3ccc(Cl)cc3)[C@@H]3CCS(=O)(=O)C3)sc2c1. The first-order valence-corrected chi connectivity index (χ1v) is 12.6. The second-order valence-corrected chi connectivity index (χ2v) is 11.5. The second kappa shape index (κ2) is 7.91. The molecule has 1 aliphatic heterocycles. The molecule has 3 aromatic rings. The van der Waals surface area contributed by atoms with Crippen LogP contribution in [0.2, 0.25) is 10.0 Å². The molecule has 0 N–H and O–H groups in total. The van der Waals surface area contributed by atoms with Crippen LogP contribution in [0.25, 0.3) is 10.1 Å². The monoisotopic (exact) mass is 467 g/mol. The minimum Gasteiger partial charge on any atom is -0.330 e. The van der Waals surface area contributed by atoms with Gasteiger partial charge in [0.25, 0.3) is 5.91 Å². The van der Waals surface area contributed by atoms with Gasteiger partial charge in [-0.2, -0.15) is 0 Å². The van der Waals surface area contributed by atoms with Gasteiger partial charge >= 0.3 is 0 Å². The van der Waals surface area contributed by atoms with Gasteiger partial charge in [-0.05, 0) is 42.7 Å². The number of carbonyl (C=O) groups excluding carboxylic acids is 1. The molecule has 0 radical (unpaired) electrons. The summed E-state index contributed by atoms with van der Waals surface area (Å²) in [4.78, 5) is 15.6. The van der Waals surface area contributed by atoms with Gasteiger partial charge < -0.3 is 4.90 Å². The minimum absolute atomic E-state index is 0.0199. The zero-order valence-corrected chi connectivity index (χ0v) is 18.8. The van der Waals surface area contributed by atoms with Crippen molar-refractivity contribution in [2.24, 2.45) is 0 Å². The summed E-state index contributed by atoms with van der Waals surface area (Å²) in [5, 5.41) is 1.88. The summed E-state index contributed by atoms with van der Waals surface area (Å²) in [6.07, 6.45) is 0.434. The van der Waals surface area contributed by atoms with Crippen molar-refractivity contribution in [2.75, 3.05) is 11.5 Å². The fourth-order valence-corrected chi connectivity index (χ4v) is 7.04. The molecule has 2 heterocycles. The molecule has 1 aliphatic rings. The Balaban J connectivity index is 1.73. The van der Waals surface area contributed by atoms with E-state index < -0.39 is 9.84 Å². The summed E-state index contributed by atoms with van der Waals surface area (Å²) in [5.74, 6) is -0.152. The van der Waals surface area contributed by atoms with Crippen molar-refractivity contribution in [2.45, 2.75) is 25.9 Å². The minimum atomic E-state index is -3.14. The fourth-order valence-electron chi connectivity index (χ4n) is 3.61. The molecule has 1 atom stereocenters. The molecule has 152 valence electrons.